The molecule has 0 fully saturated rings. The van der Waals surface area contributed by atoms with Crippen molar-refractivity contribution in [2.75, 3.05) is 7.11 Å². The molecule has 0 amide bonds. The molecule has 0 aliphatic heterocycles. The van der Waals surface area contributed by atoms with E-state index in [1.54, 1.807) is 24.3 Å². The highest BCUT2D eigenvalue weighted by atomic mass is 19.1. The van der Waals surface area contributed by atoms with E-state index in [0.29, 0.717) is 11.3 Å². The van der Waals surface area contributed by atoms with Crippen LogP contribution in [0.5, 0.6) is 5.75 Å². The molecule has 2 nitrogen and oxygen atoms in total. The summed E-state index contributed by atoms with van der Waals surface area (Å²) < 4.78 is 18.9. The summed E-state index contributed by atoms with van der Waals surface area (Å²) in [5.74, 6) is -0.120. The number of aryl methyl sites for hydroxylation is 1. The highest BCUT2D eigenvalue weighted by Gasteiger charge is 2.19. The van der Waals surface area contributed by atoms with E-state index in [9.17, 15) is 9.50 Å². The maximum absolute atomic E-state index is 13.8. The lowest BCUT2D eigenvalue weighted by atomic mass is 9.99. The number of hydrogen-bond donors (Lipinski definition) is 1. The zero-order chi connectivity index (χ0) is 13.1. The molecule has 18 heavy (non-hydrogen) atoms. The van der Waals surface area contributed by atoms with Crippen LogP contribution in [0.4, 0.5) is 4.39 Å². The van der Waals surface area contributed by atoms with E-state index in [1.807, 2.05) is 19.1 Å². The first-order chi connectivity index (χ1) is 8.63. The monoisotopic (exact) mass is 246 g/mol. The molecule has 0 heterocycles. The van der Waals surface area contributed by atoms with Gasteiger partial charge in [0.2, 0.25) is 0 Å². The van der Waals surface area contributed by atoms with Crippen LogP contribution >= 0.6 is 0 Å². The van der Waals surface area contributed by atoms with Crippen LogP contribution in [0.3, 0.4) is 0 Å². The van der Waals surface area contributed by atoms with Crippen LogP contribution in [-0.4, -0.2) is 12.2 Å². The third-order valence-electron chi connectivity index (χ3n) is 2.90. The molecular formula is C15H15FO2. The minimum atomic E-state index is -1.03. The average Bonchev–Trinajstić information content (AvgIpc) is 2.38. The van der Waals surface area contributed by atoms with Crippen molar-refractivity contribution in [3.05, 3.63) is 65.0 Å². The highest BCUT2D eigenvalue weighted by molar-refractivity contribution is 5.41. The Morgan fingerprint density at radius 2 is 1.78 bits per heavy atom. The number of methoxy groups -OCH3 is 1. The van der Waals surface area contributed by atoms with Gasteiger partial charge in [-0.25, -0.2) is 4.39 Å². The normalized spacial score (nSPS) is 12.2. The molecule has 2 aromatic carbocycles. The summed E-state index contributed by atoms with van der Waals surface area (Å²) in [6.45, 7) is 1.96. The predicted octanol–water partition coefficient (Wildman–Crippen LogP) is 3.22. The number of rotatable bonds is 3. The fourth-order valence-electron chi connectivity index (χ4n) is 1.88. The second kappa shape index (κ2) is 5.19. The molecule has 2 rings (SSSR count). The van der Waals surface area contributed by atoms with Gasteiger partial charge in [0.1, 0.15) is 17.7 Å². The largest absolute Gasteiger partial charge is 0.496 e. The second-order valence-corrected chi connectivity index (χ2v) is 4.17. The molecule has 0 spiro atoms. The van der Waals surface area contributed by atoms with Crippen molar-refractivity contribution in [1.82, 2.24) is 0 Å². The van der Waals surface area contributed by atoms with Gasteiger partial charge < -0.3 is 9.84 Å². The van der Waals surface area contributed by atoms with Crippen molar-refractivity contribution in [2.24, 2.45) is 0 Å². The summed E-state index contributed by atoms with van der Waals surface area (Å²) in [5, 5.41) is 10.3. The Hall–Kier alpha value is -1.87. The molecule has 1 unspecified atom stereocenters. The molecule has 0 bridgehead atoms. The Kier molecular flexibility index (Phi) is 3.63. The van der Waals surface area contributed by atoms with E-state index in [0.717, 1.165) is 5.56 Å². The maximum Gasteiger partial charge on any atom is 0.133 e. The van der Waals surface area contributed by atoms with Crippen molar-refractivity contribution >= 4 is 0 Å². The minimum absolute atomic E-state index is 0.170. The van der Waals surface area contributed by atoms with Crippen LogP contribution < -0.4 is 4.74 Å². The molecule has 1 N–H and O–H groups in total. The molecule has 2 aromatic rings. The van der Waals surface area contributed by atoms with Crippen LogP contribution in [0, 0.1) is 12.7 Å². The first-order valence-corrected chi connectivity index (χ1v) is 5.70. The van der Waals surface area contributed by atoms with Crippen molar-refractivity contribution in [2.45, 2.75) is 13.0 Å². The lowest BCUT2D eigenvalue weighted by Crippen LogP contribution is -2.05. The fraction of sp³-hybridized carbons (Fsp3) is 0.200. The molecule has 0 aromatic heterocycles. The van der Waals surface area contributed by atoms with Gasteiger partial charge in [-0.3, -0.25) is 0 Å². The standard InChI is InChI=1S/C15H15FO2/c1-10-6-8-11(9-7-10)15(17)14-12(16)4-3-5-13(14)18-2/h3-9,15,17H,1-2H3. The smallest absolute Gasteiger partial charge is 0.133 e. The van der Waals surface area contributed by atoms with E-state index in [4.69, 9.17) is 4.74 Å². The summed E-state index contributed by atoms with van der Waals surface area (Å²) in [7, 11) is 1.46. The van der Waals surface area contributed by atoms with Gasteiger partial charge >= 0.3 is 0 Å². The maximum atomic E-state index is 13.8. The number of ether oxygens (including phenoxy) is 1. The lowest BCUT2D eigenvalue weighted by molar-refractivity contribution is 0.209. The fourth-order valence-corrected chi connectivity index (χ4v) is 1.88. The van der Waals surface area contributed by atoms with Crippen LogP contribution in [0.15, 0.2) is 42.5 Å². The lowest BCUT2D eigenvalue weighted by Gasteiger charge is -2.16. The van der Waals surface area contributed by atoms with Crippen molar-refractivity contribution < 1.29 is 14.2 Å². The van der Waals surface area contributed by atoms with Crippen LogP contribution in [-0.2, 0) is 0 Å². The number of benzene rings is 2. The Morgan fingerprint density at radius 1 is 1.11 bits per heavy atom. The molecule has 0 aliphatic rings. The zero-order valence-electron chi connectivity index (χ0n) is 10.4. The van der Waals surface area contributed by atoms with Gasteiger partial charge in [0.25, 0.3) is 0 Å². The zero-order valence-corrected chi connectivity index (χ0v) is 10.4. The molecule has 0 saturated carbocycles. The average molecular weight is 246 g/mol. The summed E-state index contributed by atoms with van der Waals surface area (Å²) >= 11 is 0. The number of aliphatic hydroxyl groups is 1. The van der Waals surface area contributed by atoms with E-state index in [1.165, 1.54) is 13.2 Å². The molecule has 0 aliphatic carbocycles. The second-order valence-electron chi connectivity index (χ2n) is 4.17. The summed E-state index contributed by atoms with van der Waals surface area (Å²) in [6, 6.07) is 11.8. The first kappa shape index (κ1) is 12.6. The van der Waals surface area contributed by atoms with E-state index >= 15 is 0 Å². The Bertz CT molecular complexity index is 535. The Balaban J connectivity index is 2.45. The Morgan fingerprint density at radius 3 is 2.39 bits per heavy atom. The number of aliphatic hydroxyl groups excluding tert-OH is 1. The summed E-state index contributed by atoms with van der Waals surface area (Å²) in [4.78, 5) is 0. The van der Waals surface area contributed by atoms with Crippen molar-refractivity contribution in [1.29, 1.82) is 0 Å². The van der Waals surface area contributed by atoms with Gasteiger partial charge in [-0.05, 0) is 24.6 Å². The first-order valence-electron chi connectivity index (χ1n) is 5.70. The van der Waals surface area contributed by atoms with Crippen LogP contribution in [0.25, 0.3) is 0 Å². The van der Waals surface area contributed by atoms with Gasteiger partial charge in [0.15, 0.2) is 0 Å². The number of halogens is 1. The third kappa shape index (κ3) is 2.36. The van der Waals surface area contributed by atoms with E-state index in [2.05, 4.69) is 0 Å². The summed E-state index contributed by atoms with van der Waals surface area (Å²) in [5.41, 5.74) is 1.90. The molecule has 0 saturated heterocycles. The quantitative estimate of drug-likeness (QED) is 0.901. The van der Waals surface area contributed by atoms with Crippen molar-refractivity contribution in [3.63, 3.8) is 0 Å². The van der Waals surface area contributed by atoms with Gasteiger partial charge in [-0.2, -0.15) is 0 Å². The SMILES string of the molecule is COc1cccc(F)c1C(O)c1ccc(C)cc1. The van der Waals surface area contributed by atoms with Crippen molar-refractivity contribution in [3.8, 4) is 5.75 Å². The van der Waals surface area contributed by atoms with Gasteiger partial charge in [0.05, 0.1) is 12.7 Å². The number of hydrogen-bond acceptors (Lipinski definition) is 2. The topological polar surface area (TPSA) is 29.5 Å². The van der Waals surface area contributed by atoms with E-state index in [-0.39, 0.29) is 5.56 Å². The predicted molar refractivity (Wildman–Crippen MR) is 68.2 cm³/mol. The highest BCUT2D eigenvalue weighted by Crippen LogP contribution is 2.32. The van der Waals surface area contributed by atoms with Gasteiger partial charge in [0, 0.05) is 0 Å². The van der Waals surface area contributed by atoms with Gasteiger partial charge in [-0.15, -0.1) is 0 Å². The van der Waals surface area contributed by atoms with E-state index < -0.39 is 11.9 Å². The molecular weight excluding hydrogens is 231 g/mol. The molecule has 3 heteroatoms. The van der Waals surface area contributed by atoms with Crippen LogP contribution in [0.2, 0.25) is 0 Å². The summed E-state index contributed by atoms with van der Waals surface area (Å²) in [6.07, 6.45) is -1.03. The molecule has 0 radical (unpaired) electrons. The van der Waals surface area contributed by atoms with Gasteiger partial charge in [-0.1, -0.05) is 35.9 Å². The minimum Gasteiger partial charge on any atom is -0.496 e. The third-order valence-corrected chi connectivity index (χ3v) is 2.90. The molecule has 94 valence electrons. The van der Waals surface area contributed by atoms with Crippen LogP contribution in [0.1, 0.15) is 22.8 Å². The molecule has 1 atom stereocenters. The Labute approximate surface area is 106 Å².